The first-order chi connectivity index (χ1) is 25.9. The van der Waals surface area contributed by atoms with E-state index in [4.69, 9.17) is 10.5 Å². The normalized spacial score (nSPS) is 20.3. The first-order valence-electron chi connectivity index (χ1n) is 17.7. The summed E-state index contributed by atoms with van der Waals surface area (Å²) >= 11 is 0.317. The Balaban J connectivity index is 0.000000213. The molecule has 0 radical (unpaired) electrons. The zero-order valence-electron chi connectivity index (χ0n) is 30.5. The van der Waals surface area contributed by atoms with E-state index in [1.165, 1.54) is 11.1 Å². The molecule has 3 saturated heterocycles. The number of allylic oxidation sites excluding steroid dienone is 1. The van der Waals surface area contributed by atoms with Gasteiger partial charge in [-0.25, -0.2) is 9.98 Å². The number of likely N-dealkylation sites (N-methyl/N-ethyl adjacent to an activating group) is 2. The lowest BCUT2D eigenvalue weighted by Crippen LogP contribution is -2.56. The number of nitrogens with one attached hydrogen (secondary N) is 1. The number of aromatic nitrogens is 1. The van der Waals surface area contributed by atoms with Gasteiger partial charge in [-0.15, -0.1) is 11.3 Å². The number of nitrogens with zero attached hydrogens (tertiary/aromatic N) is 6. The second kappa shape index (κ2) is 18.4. The molecule has 16 heteroatoms. The number of amidine groups is 1. The monoisotopic (exact) mass is 766 g/mol. The highest BCUT2D eigenvalue weighted by Gasteiger charge is 2.38. The number of hydrogen-bond donors (Lipinski definition) is 2. The van der Waals surface area contributed by atoms with Crippen LogP contribution >= 0.6 is 11.3 Å². The largest absolute Gasteiger partial charge is 0.443 e. The maximum absolute atomic E-state index is 12.9. The number of aliphatic imine (C=N–C) groups is 1. The van der Waals surface area contributed by atoms with Crippen LogP contribution in [-0.4, -0.2) is 115 Å². The molecule has 3 aliphatic rings. The van der Waals surface area contributed by atoms with Gasteiger partial charge in [0.2, 0.25) is 0 Å². The predicted molar refractivity (Wildman–Crippen MR) is 202 cm³/mol. The number of para-hydroxylation sites is 2. The number of carbonyl (C=O) groups excluding carboxylic acids is 3. The Morgan fingerprint density at radius 2 is 1.72 bits per heavy atom. The molecule has 3 aromatic rings. The second-order valence-corrected chi connectivity index (χ2v) is 13.7. The number of nitrogens with two attached hydrogens (primary N) is 1. The Morgan fingerprint density at radius 3 is 2.26 bits per heavy atom. The van der Waals surface area contributed by atoms with Crippen LogP contribution in [0.25, 0.3) is 0 Å². The molecule has 12 nitrogen and oxygen atoms in total. The van der Waals surface area contributed by atoms with E-state index in [1.54, 1.807) is 36.1 Å². The van der Waals surface area contributed by atoms with Crippen molar-refractivity contribution in [3.05, 3.63) is 100 Å². The summed E-state index contributed by atoms with van der Waals surface area (Å²) in [6.07, 6.45) is -1.32. The Bertz CT molecular complexity index is 1840. The van der Waals surface area contributed by atoms with Gasteiger partial charge < -0.3 is 20.7 Å². The fraction of sp³-hybridized carbons (Fsp3) is 0.395. The first kappa shape index (κ1) is 40.3. The lowest BCUT2D eigenvalue weighted by molar-refractivity contribution is -0.137. The van der Waals surface area contributed by atoms with Gasteiger partial charge in [0.05, 0.1) is 24.9 Å². The molecular weight excluding hydrogens is 722 g/mol. The van der Waals surface area contributed by atoms with E-state index in [0.29, 0.717) is 34.5 Å². The third-order valence-electron chi connectivity index (χ3n) is 9.33. The number of amides is 3. The topological polar surface area (TPSA) is 137 Å². The number of ether oxygens (including phenoxy) is 1. The summed E-state index contributed by atoms with van der Waals surface area (Å²) in [5, 5.41) is 2.34. The fourth-order valence-electron chi connectivity index (χ4n) is 6.15. The lowest BCUT2D eigenvalue weighted by Gasteiger charge is -2.42. The van der Waals surface area contributed by atoms with Gasteiger partial charge in [-0.05, 0) is 38.1 Å². The van der Waals surface area contributed by atoms with Gasteiger partial charge in [-0.2, -0.15) is 13.2 Å². The average Bonchev–Trinajstić information content (AvgIpc) is 3.68. The molecule has 3 N–H and O–H groups in total. The number of rotatable bonds is 9. The first-order valence-corrected chi connectivity index (χ1v) is 18.5. The van der Waals surface area contributed by atoms with Crippen LogP contribution in [0.4, 0.5) is 24.5 Å². The van der Waals surface area contributed by atoms with E-state index in [1.807, 2.05) is 56.4 Å². The average molecular weight is 767 g/mol. The predicted octanol–water partition coefficient (Wildman–Crippen LogP) is 4.70. The molecule has 0 saturated carbocycles. The number of thiazole rings is 1. The third-order valence-corrected chi connectivity index (χ3v) is 10.2. The number of likely N-dealkylation sites (tertiary alicyclic amines) is 1. The standard InChI is InChI=1S/C19H18F3N5O2S.C19H27N3O2/c1-2-27-15(24-12-6-4-3-5-7-12)11(9-23)8-13(17(27)29)25-16(28)14-10-30-18(26-14)19(20,21)22;1-3-16(19(23)20(2)17-7-5-4-6-8-17)13-21-9-11-22(12-10-21)18-14-24-15-18/h3-7,9-10,13H,2,8,23H2,1H3,(H,25,28);3-8,18H,9-15H2,1-2H3/b11-9-,24-15?;16-3+. The maximum Gasteiger partial charge on any atom is 0.443 e. The highest BCUT2D eigenvalue weighted by Crippen LogP contribution is 2.32. The van der Waals surface area contributed by atoms with Gasteiger partial charge in [-0.1, -0.05) is 42.5 Å². The van der Waals surface area contributed by atoms with Crippen LogP contribution in [0.1, 0.15) is 35.8 Å². The summed E-state index contributed by atoms with van der Waals surface area (Å²) in [5.74, 6) is -0.846. The van der Waals surface area contributed by atoms with Crippen molar-refractivity contribution in [3.63, 3.8) is 0 Å². The summed E-state index contributed by atoms with van der Waals surface area (Å²) < 4.78 is 43.4. The minimum Gasteiger partial charge on any atom is -0.404 e. The molecule has 1 unspecified atom stereocenters. The van der Waals surface area contributed by atoms with Crippen LogP contribution in [0.2, 0.25) is 0 Å². The van der Waals surface area contributed by atoms with Crippen molar-refractivity contribution >= 4 is 46.3 Å². The van der Waals surface area contributed by atoms with E-state index in [2.05, 4.69) is 25.1 Å². The Hall–Kier alpha value is -4.90. The van der Waals surface area contributed by atoms with E-state index in [-0.39, 0.29) is 18.9 Å². The number of halogens is 3. The van der Waals surface area contributed by atoms with Gasteiger partial charge in [0.15, 0.2) is 5.01 Å². The van der Waals surface area contributed by atoms with E-state index < -0.39 is 34.7 Å². The summed E-state index contributed by atoms with van der Waals surface area (Å²) in [6, 6.07) is 18.4. The summed E-state index contributed by atoms with van der Waals surface area (Å²) in [7, 11) is 1.84. The number of benzene rings is 2. The van der Waals surface area contributed by atoms with Crippen molar-refractivity contribution in [1.82, 2.24) is 25.0 Å². The van der Waals surface area contributed by atoms with Crippen LogP contribution < -0.4 is 16.0 Å². The molecule has 4 heterocycles. The number of hydrogen-bond acceptors (Lipinski definition) is 10. The summed E-state index contributed by atoms with van der Waals surface area (Å²) in [4.78, 5) is 53.9. The van der Waals surface area contributed by atoms with E-state index in [0.717, 1.165) is 62.6 Å². The van der Waals surface area contributed by atoms with Crippen LogP contribution in [0.5, 0.6) is 0 Å². The van der Waals surface area contributed by atoms with Crippen molar-refractivity contribution in [3.8, 4) is 0 Å². The minimum atomic E-state index is -4.64. The van der Waals surface area contributed by atoms with Crippen LogP contribution in [0.15, 0.2) is 94.5 Å². The maximum atomic E-state index is 12.9. The van der Waals surface area contributed by atoms with Crippen molar-refractivity contribution in [2.75, 3.05) is 64.4 Å². The molecule has 54 heavy (non-hydrogen) atoms. The molecule has 3 aliphatic heterocycles. The number of piperazine rings is 1. The smallest absolute Gasteiger partial charge is 0.404 e. The number of anilines is 1. The lowest BCUT2D eigenvalue weighted by atomic mass is 9.98. The quantitative estimate of drug-likeness (QED) is 0.300. The zero-order chi connectivity index (χ0) is 38.8. The molecule has 288 valence electrons. The van der Waals surface area contributed by atoms with Gasteiger partial charge in [0, 0.05) is 81.2 Å². The number of carbonyl (C=O) groups is 3. The summed E-state index contributed by atoms with van der Waals surface area (Å²) in [6.45, 7) is 10.6. The van der Waals surface area contributed by atoms with Crippen molar-refractivity contribution in [2.24, 2.45) is 10.7 Å². The van der Waals surface area contributed by atoms with Gasteiger partial charge >= 0.3 is 6.18 Å². The number of alkyl halides is 3. The second-order valence-electron chi connectivity index (χ2n) is 12.8. The van der Waals surface area contributed by atoms with Gasteiger partial charge in [-0.3, -0.25) is 29.1 Å². The minimum absolute atomic E-state index is 0.0551. The molecule has 2 aromatic carbocycles. The Morgan fingerprint density at radius 1 is 1.07 bits per heavy atom. The molecule has 3 amide bonds. The fourth-order valence-corrected chi connectivity index (χ4v) is 6.82. The van der Waals surface area contributed by atoms with E-state index >= 15 is 0 Å². The van der Waals surface area contributed by atoms with E-state index in [9.17, 15) is 27.6 Å². The molecule has 0 spiro atoms. The SMILES string of the molecule is C/C=C(\CN1CCN(C2COC2)CC1)C(=O)N(C)c1ccccc1.CCN1C(=O)C(NC(=O)c2csc(C(F)(F)F)n2)C/C(=C/N)C1=Nc1ccccc1. The van der Waals surface area contributed by atoms with Crippen LogP contribution in [-0.2, 0) is 20.5 Å². The zero-order valence-corrected chi connectivity index (χ0v) is 31.3. The molecule has 3 fully saturated rings. The van der Waals surface area contributed by atoms with Crippen molar-refractivity contribution in [1.29, 1.82) is 0 Å². The molecule has 1 atom stereocenters. The molecule has 0 bridgehead atoms. The highest BCUT2D eigenvalue weighted by atomic mass is 32.1. The van der Waals surface area contributed by atoms with Gasteiger partial charge in [0.1, 0.15) is 17.6 Å². The molecular formula is C38H45F3N8O4S. The molecule has 0 aliphatic carbocycles. The van der Waals surface area contributed by atoms with Crippen LogP contribution in [0.3, 0.4) is 0 Å². The van der Waals surface area contributed by atoms with Gasteiger partial charge in [0.25, 0.3) is 17.7 Å². The number of piperidine rings is 1. The molecule has 6 rings (SSSR count). The Labute approximate surface area is 316 Å². The molecule has 1 aromatic heterocycles. The van der Waals surface area contributed by atoms with Crippen molar-refractivity contribution in [2.45, 2.75) is 38.5 Å². The Kier molecular flexibility index (Phi) is 13.7. The summed E-state index contributed by atoms with van der Waals surface area (Å²) in [5.41, 5.74) is 8.28. The van der Waals surface area contributed by atoms with Crippen molar-refractivity contribution < 1.29 is 32.3 Å². The van der Waals surface area contributed by atoms with Crippen LogP contribution in [0, 0.1) is 0 Å². The third kappa shape index (κ3) is 9.99. The highest BCUT2D eigenvalue weighted by molar-refractivity contribution is 7.10.